The lowest BCUT2D eigenvalue weighted by Crippen LogP contribution is -2.29. The van der Waals surface area contributed by atoms with Crippen molar-refractivity contribution >= 4 is 5.91 Å². The Hall–Kier alpha value is -2.28. The number of carbonyl (C=O) groups is 1. The Kier molecular flexibility index (Phi) is 4.12. The molecule has 7 heteroatoms. The Bertz CT molecular complexity index is 732. The van der Waals surface area contributed by atoms with Crippen molar-refractivity contribution in [2.24, 2.45) is 5.92 Å². The highest BCUT2D eigenvalue weighted by Gasteiger charge is 2.35. The lowest BCUT2D eigenvalue weighted by Gasteiger charge is -2.16. The summed E-state index contributed by atoms with van der Waals surface area (Å²) >= 11 is 0. The molecule has 0 radical (unpaired) electrons. The summed E-state index contributed by atoms with van der Waals surface area (Å²) in [5, 5.41) is 17.1. The van der Waals surface area contributed by atoms with Crippen molar-refractivity contribution in [1.29, 1.82) is 0 Å². The highest BCUT2D eigenvalue weighted by molar-refractivity contribution is 5.94. The van der Waals surface area contributed by atoms with E-state index >= 15 is 0 Å². The number of hydrogen-bond acceptors (Lipinski definition) is 3. The van der Waals surface area contributed by atoms with Crippen LogP contribution in [0.1, 0.15) is 21.7 Å². The average molecular weight is 321 g/mol. The Labute approximate surface area is 131 Å². The van der Waals surface area contributed by atoms with Gasteiger partial charge >= 0.3 is 0 Å². The molecule has 2 aromatic rings. The van der Waals surface area contributed by atoms with Gasteiger partial charge in [-0.3, -0.25) is 9.89 Å². The van der Waals surface area contributed by atoms with Crippen molar-refractivity contribution in [3.8, 4) is 0 Å². The summed E-state index contributed by atoms with van der Waals surface area (Å²) in [7, 11) is 0. The Balaban J connectivity index is 1.69. The number of likely N-dealkylation sites (tertiary alicyclic amines) is 1. The fourth-order valence-electron chi connectivity index (χ4n) is 2.88. The van der Waals surface area contributed by atoms with Gasteiger partial charge in [0.05, 0.1) is 11.8 Å². The summed E-state index contributed by atoms with van der Waals surface area (Å²) in [6.45, 7) is 2.41. The number of carbonyl (C=O) groups excluding carboxylic acids is 1. The van der Waals surface area contributed by atoms with Gasteiger partial charge in [0.1, 0.15) is 0 Å². The molecule has 122 valence electrons. The molecule has 2 heterocycles. The van der Waals surface area contributed by atoms with Gasteiger partial charge in [-0.1, -0.05) is 0 Å². The lowest BCUT2D eigenvalue weighted by molar-refractivity contribution is 0.0764. The van der Waals surface area contributed by atoms with Crippen LogP contribution in [-0.2, 0) is 6.42 Å². The number of aryl methyl sites for hydroxylation is 1. The van der Waals surface area contributed by atoms with Crippen molar-refractivity contribution in [3.05, 3.63) is 52.9 Å². The fraction of sp³-hybridized carbons (Fsp3) is 0.375. The molecular weight excluding hydrogens is 304 g/mol. The summed E-state index contributed by atoms with van der Waals surface area (Å²) in [4.78, 5) is 13.8. The minimum atomic E-state index is -1.06. The summed E-state index contributed by atoms with van der Waals surface area (Å²) in [6.07, 6.45) is -0.117. The summed E-state index contributed by atoms with van der Waals surface area (Å²) in [6, 6.07) is 4.96. The number of halogens is 2. The van der Waals surface area contributed by atoms with Crippen LogP contribution >= 0.6 is 0 Å². The molecule has 2 N–H and O–H groups in total. The van der Waals surface area contributed by atoms with Gasteiger partial charge in [0.2, 0.25) is 0 Å². The number of aliphatic hydroxyl groups is 1. The molecule has 23 heavy (non-hydrogen) atoms. The first-order valence-electron chi connectivity index (χ1n) is 7.37. The summed E-state index contributed by atoms with van der Waals surface area (Å²) < 4.78 is 26.2. The topological polar surface area (TPSA) is 69.2 Å². The smallest absolute Gasteiger partial charge is 0.254 e. The first-order valence-corrected chi connectivity index (χ1v) is 7.37. The van der Waals surface area contributed by atoms with Crippen LogP contribution in [0.15, 0.2) is 24.3 Å². The predicted octanol–water partition coefficient (Wildman–Crippen LogP) is 1.67. The van der Waals surface area contributed by atoms with Crippen LogP contribution in [0.4, 0.5) is 8.78 Å². The average Bonchev–Trinajstić information content (AvgIpc) is 3.08. The molecule has 0 aliphatic carbocycles. The number of amides is 1. The zero-order valence-electron chi connectivity index (χ0n) is 12.6. The van der Waals surface area contributed by atoms with E-state index in [1.807, 2.05) is 13.0 Å². The van der Waals surface area contributed by atoms with Gasteiger partial charge in [-0.2, -0.15) is 5.10 Å². The molecule has 0 spiro atoms. The lowest BCUT2D eigenvalue weighted by atomic mass is 10.0. The predicted molar refractivity (Wildman–Crippen MR) is 78.8 cm³/mol. The van der Waals surface area contributed by atoms with Crippen LogP contribution in [0.25, 0.3) is 0 Å². The van der Waals surface area contributed by atoms with Crippen molar-refractivity contribution in [2.75, 3.05) is 13.1 Å². The van der Waals surface area contributed by atoms with Gasteiger partial charge in [-0.25, -0.2) is 8.78 Å². The number of nitrogens with zero attached hydrogens (tertiary/aromatic N) is 2. The van der Waals surface area contributed by atoms with Crippen LogP contribution in [0.3, 0.4) is 0 Å². The largest absolute Gasteiger partial charge is 0.391 e. The minimum Gasteiger partial charge on any atom is -0.391 e. The number of H-pyrrole nitrogens is 1. The van der Waals surface area contributed by atoms with E-state index in [1.165, 1.54) is 11.0 Å². The maximum Gasteiger partial charge on any atom is 0.254 e. The maximum absolute atomic E-state index is 13.3. The molecule has 0 unspecified atom stereocenters. The first-order chi connectivity index (χ1) is 10.9. The molecule has 1 aromatic carbocycles. The van der Waals surface area contributed by atoms with Crippen LogP contribution < -0.4 is 0 Å². The number of rotatable bonds is 3. The van der Waals surface area contributed by atoms with Gasteiger partial charge in [0.25, 0.3) is 5.91 Å². The normalized spacial score (nSPS) is 21.0. The van der Waals surface area contributed by atoms with Crippen LogP contribution in [0.5, 0.6) is 0 Å². The van der Waals surface area contributed by atoms with Gasteiger partial charge in [-0.15, -0.1) is 0 Å². The minimum absolute atomic E-state index is 0.0763. The Morgan fingerprint density at radius 2 is 2.13 bits per heavy atom. The SMILES string of the molecule is Cc1cc(C[C@@H]2CN(C(=O)c3ccc(F)c(F)c3)C[C@@H]2O)n[nH]1. The van der Waals surface area contributed by atoms with Gasteiger partial charge < -0.3 is 10.0 Å². The van der Waals surface area contributed by atoms with Crippen LogP contribution in [0, 0.1) is 24.5 Å². The van der Waals surface area contributed by atoms with E-state index < -0.39 is 23.6 Å². The van der Waals surface area contributed by atoms with Gasteiger partial charge in [0, 0.05) is 30.3 Å². The molecule has 5 nitrogen and oxygen atoms in total. The van der Waals surface area contributed by atoms with Gasteiger partial charge in [-0.05, 0) is 37.6 Å². The number of aromatic nitrogens is 2. The maximum atomic E-state index is 13.3. The van der Waals surface area contributed by atoms with E-state index in [1.54, 1.807) is 0 Å². The number of aliphatic hydroxyl groups excluding tert-OH is 1. The molecule has 0 saturated carbocycles. The van der Waals surface area contributed by atoms with Gasteiger partial charge in [0.15, 0.2) is 11.6 Å². The van der Waals surface area contributed by atoms with E-state index in [2.05, 4.69) is 10.2 Å². The molecule has 1 amide bonds. The van der Waals surface area contributed by atoms with Crippen molar-refractivity contribution < 1.29 is 18.7 Å². The second-order valence-corrected chi connectivity index (χ2v) is 5.91. The number of aromatic amines is 1. The number of benzene rings is 1. The second-order valence-electron chi connectivity index (χ2n) is 5.91. The standard InChI is InChI=1S/C16H17F2N3O2/c1-9-4-12(20-19-9)5-11-7-21(8-15(11)22)16(23)10-2-3-13(17)14(18)6-10/h2-4,6,11,15,22H,5,7-8H2,1H3,(H,19,20)/t11-,15+/m1/s1. The quantitative estimate of drug-likeness (QED) is 0.903. The molecule has 2 atom stereocenters. The second kappa shape index (κ2) is 6.08. The number of β-amino-alcohol motifs (C(OH)–C–C–N with tert-alkyl or cyclic N) is 1. The molecule has 1 saturated heterocycles. The van der Waals surface area contributed by atoms with E-state index in [0.717, 1.165) is 23.5 Å². The number of hydrogen-bond donors (Lipinski definition) is 2. The van der Waals surface area contributed by atoms with Crippen molar-refractivity contribution in [3.63, 3.8) is 0 Å². The third kappa shape index (κ3) is 3.24. The van der Waals surface area contributed by atoms with Crippen molar-refractivity contribution in [1.82, 2.24) is 15.1 Å². The van der Waals surface area contributed by atoms with Crippen LogP contribution in [0.2, 0.25) is 0 Å². The molecule has 3 rings (SSSR count). The summed E-state index contributed by atoms with van der Waals surface area (Å²) in [5.74, 6) is -2.59. The monoisotopic (exact) mass is 321 g/mol. The third-order valence-corrected chi connectivity index (χ3v) is 4.09. The number of nitrogens with one attached hydrogen (secondary N) is 1. The molecule has 0 bridgehead atoms. The van der Waals surface area contributed by atoms with Crippen LogP contribution in [-0.4, -0.2) is 45.3 Å². The Morgan fingerprint density at radius 1 is 1.35 bits per heavy atom. The van der Waals surface area contributed by atoms with E-state index in [4.69, 9.17) is 0 Å². The molecule has 1 aliphatic rings. The van der Waals surface area contributed by atoms with E-state index in [-0.39, 0.29) is 18.0 Å². The molecule has 1 fully saturated rings. The molecule has 1 aromatic heterocycles. The fourth-order valence-corrected chi connectivity index (χ4v) is 2.88. The van der Waals surface area contributed by atoms with E-state index in [0.29, 0.717) is 13.0 Å². The highest BCUT2D eigenvalue weighted by atomic mass is 19.2. The Morgan fingerprint density at radius 3 is 2.78 bits per heavy atom. The summed E-state index contributed by atoms with van der Waals surface area (Å²) in [5.41, 5.74) is 1.84. The van der Waals surface area contributed by atoms with Crippen molar-refractivity contribution in [2.45, 2.75) is 19.4 Å². The third-order valence-electron chi connectivity index (χ3n) is 4.09. The zero-order valence-corrected chi connectivity index (χ0v) is 12.6. The van der Waals surface area contributed by atoms with E-state index in [9.17, 15) is 18.7 Å². The zero-order chi connectivity index (χ0) is 16.6. The molecular formula is C16H17F2N3O2. The first kappa shape index (κ1) is 15.6. The highest BCUT2D eigenvalue weighted by Crippen LogP contribution is 2.23. The molecule has 1 aliphatic heterocycles.